The molecule has 100 valence electrons. The van der Waals surface area contributed by atoms with Crippen LogP contribution in [0.4, 0.5) is 5.95 Å². The molecule has 1 aromatic heterocycles. The fourth-order valence-electron chi connectivity index (χ4n) is 2.19. The number of ether oxygens (including phenoxy) is 1. The molecule has 0 saturated carbocycles. The van der Waals surface area contributed by atoms with Crippen molar-refractivity contribution in [2.45, 2.75) is 26.8 Å². The molecule has 0 aliphatic carbocycles. The van der Waals surface area contributed by atoms with Crippen molar-refractivity contribution in [3.05, 3.63) is 17.5 Å². The largest absolute Gasteiger partial charge is 0.379 e. The van der Waals surface area contributed by atoms with E-state index in [1.165, 1.54) is 0 Å². The summed E-state index contributed by atoms with van der Waals surface area (Å²) in [6.07, 6.45) is 0. The number of aryl methyl sites for hydroxylation is 2. The first-order valence-electron chi connectivity index (χ1n) is 6.53. The van der Waals surface area contributed by atoms with E-state index in [-0.39, 0.29) is 0 Å². The first-order chi connectivity index (χ1) is 8.65. The molecule has 1 aliphatic heterocycles. The fraction of sp³-hybridized carbons (Fsp3) is 0.692. The number of nitrogens with one attached hydrogen (secondary N) is 1. The first kappa shape index (κ1) is 13.2. The van der Waals surface area contributed by atoms with Gasteiger partial charge in [0.25, 0.3) is 0 Å². The topological polar surface area (TPSA) is 50.3 Å². The van der Waals surface area contributed by atoms with Crippen LogP contribution in [0.2, 0.25) is 0 Å². The smallest absolute Gasteiger partial charge is 0.223 e. The second kappa shape index (κ2) is 6.11. The minimum Gasteiger partial charge on any atom is -0.379 e. The van der Waals surface area contributed by atoms with Crippen molar-refractivity contribution in [1.82, 2.24) is 14.9 Å². The minimum atomic E-state index is 0.471. The second-order valence-electron chi connectivity index (χ2n) is 4.85. The van der Waals surface area contributed by atoms with Crippen molar-refractivity contribution in [1.29, 1.82) is 0 Å². The maximum atomic E-state index is 5.36. The zero-order valence-corrected chi connectivity index (χ0v) is 11.4. The van der Waals surface area contributed by atoms with Crippen LogP contribution in [0.15, 0.2) is 6.07 Å². The molecule has 1 aliphatic rings. The predicted octanol–water partition coefficient (Wildman–Crippen LogP) is 1.23. The SMILES string of the molecule is Cc1cc(C)nc(NC[C@H](C)N2CCOCC2)n1. The van der Waals surface area contributed by atoms with E-state index in [2.05, 4.69) is 27.1 Å². The molecule has 0 radical (unpaired) electrons. The summed E-state index contributed by atoms with van der Waals surface area (Å²) in [7, 11) is 0. The summed E-state index contributed by atoms with van der Waals surface area (Å²) < 4.78 is 5.36. The summed E-state index contributed by atoms with van der Waals surface area (Å²) in [5.41, 5.74) is 2.01. The molecule has 18 heavy (non-hydrogen) atoms. The standard InChI is InChI=1S/C13H22N4O/c1-10-8-11(2)16-13(15-10)14-9-12(3)17-4-6-18-7-5-17/h8,12H,4-7,9H2,1-3H3,(H,14,15,16)/t12-/m0/s1. The van der Waals surface area contributed by atoms with E-state index in [0.29, 0.717) is 6.04 Å². The minimum absolute atomic E-state index is 0.471. The summed E-state index contributed by atoms with van der Waals surface area (Å²) >= 11 is 0. The Balaban J connectivity index is 1.86. The number of rotatable bonds is 4. The monoisotopic (exact) mass is 250 g/mol. The number of morpholine rings is 1. The van der Waals surface area contributed by atoms with Crippen LogP contribution in [0, 0.1) is 13.8 Å². The lowest BCUT2D eigenvalue weighted by Gasteiger charge is -2.32. The maximum Gasteiger partial charge on any atom is 0.223 e. The van der Waals surface area contributed by atoms with Crippen LogP contribution in [-0.2, 0) is 4.74 Å². The highest BCUT2D eigenvalue weighted by Gasteiger charge is 2.16. The number of aromatic nitrogens is 2. The molecule has 1 atom stereocenters. The summed E-state index contributed by atoms with van der Waals surface area (Å²) in [4.78, 5) is 11.2. The van der Waals surface area contributed by atoms with Gasteiger partial charge < -0.3 is 10.1 Å². The Kier molecular flexibility index (Phi) is 4.49. The first-order valence-corrected chi connectivity index (χ1v) is 6.53. The lowest BCUT2D eigenvalue weighted by atomic mass is 10.2. The molecule has 5 nitrogen and oxygen atoms in total. The van der Waals surface area contributed by atoms with E-state index in [4.69, 9.17) is 4.74 Å². The van der Waals surface area contributed by atoms with Gasteiger partial charge in [0, 0.05) is 37.1 Å². The van der Waals surface area contributed by atoms with Gasteiger partial charge in [0.1, 0.15) is 0 Å². The molecular weight excluding hydrogens is 228 g/mol. The van der Waals surface area contributed by atoms with E-state index in [9.17, 15) is 0 Å². The van der Waals surface area contributed by atoms with Gasteiger partial charge in [0.15, 0.2) is 0 Å². The van der Waals surface area contributed by atoms with Crippen molar-refractivity contribution in [2.75, 3.05) is 38.2 Å². The Morgan fingerprint density at radius 3 is 2.50 bits per heavy atom. The molecule has 0 bridgehead atoms. The zero-order valence-electron chi connectivity index (χ0n) is 11.4. The van der Waals surface area contributed by atoms with Gasteiger partial charge >= 0.3 is 0 Å². The van der Waals surface area contributed by atoms with Crippen LogP contribution in [0.1, 0.15) is 18.3 Å². The lowest BCUT2D eigenvalue weighted by molar-refractivity contribution is 0.0227. The molecule has 5 heteroatoms. The number of hydrogen-bond donors (Lipinski definition) is 1. The molecule has 1 N–H and O–H groups in total. The number of nitrogens with zero attached hydrogens (tertiary/aromatic N) is 3. The van der Waals surface area contributed by atoms with Crippen LogP contribution < -0.4 is 5.32 Å². The summed E-state index contributed by atoms with van der Waals surface area (Å²) in [6, 6.07) is 2.45. The third-order valence-corrected chi connectivity index (χ3v) is 3.21. The molecule has 1 saturated heterocycles. The molecule has 2 rings (SSSR count). The molecule has 1 fully saturated rings. The molecule has 1 aromatic rings. The van der Waals surface area contributed by atoms with E-state index in [1.807, 2.05) is 19.9 Å². The van der Waals surface area contributed by atoms with Crippen molar-refractivity contribution in [2.24, 2.45) is 0 Å². The van der Waals surface area contributed by atoms with Gasteiger partial charge in [-0.15, -0.1) is 0 Å². The van der Waals surface area contributed by atoms with Crippen LogP contribution in [-0.4, -0.2) is 53.8 Å². The highest BCUT2D eigenvalue weighted by atomic mass is 16.5. The Labute approximate surface area is 109 Å². The van der Waals surface area contributed by atoms with Crippen molar-refractivity contribution < 1.29 is 4.74 Å². The van der Waals surface area contributed by atoms with Crippen molar-refractivity contribution in [3.63, 3.8) is 0 Å². The van der Waals surface area contributed by atoms with Crippen LogP contribution in [0.5, 0.6) is 0 Å². The van der Waals surface area contributed by atoms with Crippen LogP contribution in [0.25, 0.3) is 0 Å². The highest BCUT2D eigenvalue weighted by molar-refractivity contribution is 5.27. The highest BCUT2D eigenvalue weighted by Crippen LogP contribution is 2.07. The Bertz CT molecular complexity index is 370. The quantitative estimate of drug-likeness (QED) is 0.871. The maximum absolute atomic E-state index is 5.36. The Morgan fingerprint density at radius 1 is 1.28 bits per heavy atom. The summed E-state index contributed by atoms with van der Waals surface area (Å²) in [5, 5.41) is 3.32. The Hall–Kier alpha value is -1.20. The van der Waals surface area contributed by atoms with Gasteiger partial charge in [-0.05, 0) is 26.8 Å². The summed E-state index contributed by atoms with van der Waals surface area (Å²) in [6.45, 7) is 10.8. The Morgan fingerprint density at radius 2 is 1.89 bits per heavy atom. The zero-order chi connectivity index (χ0) is 13.0. The molecule has 0 spiro atoms. The summed E-state index contributed by atoms with van der Waals surface area (Å²) in [5.74, 6) is 0.729. The molecule has 2 heterocycles. The van der Waals surface area contributed by atoms with Gasteiger partial charge in [-0.25, -0.2) is 9.97 Å². The van der Waals surface area contributed by atoms with Gasteiger partial charge in [-0.2, -0.15) is 0 Å². The van der Waals surface area contributed by atoms with E-state index < -0.39 is 0 Å². The van der Waals surface area contributed by atoms with Gasteiger partial charge in [0.05, 0.1) is 13.2 Å². The normalized spacial score (nSPS) is 18.6. The van der Waals surface area contributed by atoms with Gasteiger partial charge in [-0.1, -0.05) is 0 Å². The average molecular weight is 250 g/mol. The lowest BCUT2D eigenvalue weighted by Crippen LogP contribution is -2.45. The fourth-order valence-corrected chi connectivity index (χ4v) is 2.19. The van der Waals surface area contributed by atoms with Gasteiger partial charge in [0.2, 0.25) is 5.95 Å². The third kappa shape index (κ3) is 3.65. The number of anilines is 1. The van der Waals surface area contributed by atoms with E-state index >= 15 is 0 Å². The van der Waals surface area contributed by atoms with Crippen molar-refractivity contribution >= 4 is 5.95 Å². The molecular formula is C13H22N4O. The van der Waals surface area contributed by atoms with Crippen LogP contribution in [0.3, 0.4) is 0 Å². The van der Waals surface area contributed by atoms with E-state index in [0.717, 1.165) is 50.2 Å². The number of hydrogen-bond acceptors (Lipinski definition) is 5. The van der Waals surface area contributed by atoms with Gasteiger partial charge in [-0.3, -0.25) is 4.90 Å². The van der Waals surface area contributed by atoms with Crippen LogP contribution >= 0.6 is 0 Å². The molecule has 0 aromatic carbocycles. The average Bonchev–Trinajstić information content (AvgIpc) is 2.36. The van der Waals surface area contributed by atoms with E-state index in [1.54, 1.807) is 0 Å². The second-order valence-corrected chi connectivity index (χ2v) is 4.85. The van der Waals surface area contributed by atoms with Crippen molar-refractivity contribution in [3.8, 4) is 0 Å². The molecule has 0 amide bonds. The third-order valence-electron chi connectivity index (χ3n) is 3.21. The predicted molar refractivity (Wildman–Crippen MR) is 71.8 cm³/mol. The molecule has 0 unspecified atom stereocenters.